The fourth-order valence-corrected chi connectivity index (χ4v) is 4.08. The van der Waals surface area contributed by atoms with Crippen LogP contribution in [0.25, 0.3) is 0 Å². The van der Waals surface area contributed by atoms with Crippen molar-refractivity contribution in [1.29, 1.82) is 0 Å². The van der Waals surface area contributed by atoms with Crippen molar-refractivity contribution in [2.75, 3.05) is 13.7 Å². The van der Waals surface area contributed by atoms with Gasteiger partial charge in [0.1, 0.15) is 18.3 Å². The van der Waals surface area contributed by atoms with Gasteiger partial charge in [-0.25, -0.2) is 0 Å². The van der Waals surface area contributed by atoms with Gasteiger partial charge >= 0.3 is 0 Å². The molecular formula is C28H33NO5. The predicted molar refractivity (Wildman–Crippen MR) is 130 cm³/mol. The van der Waals surface area contributed by atoms with Gasteiger partial charge in [-0.05, 0) is 16.7 Å². The monoisotopic (exact) mass is 463 g/mol. The summed E-state index contributed by atoms with van der Waals surface area (Å²) in [5.74, 6) is 0. The molecule has 5 atom stereocenters. The highest BCUT2D eigenvalue weighted by atomic mass is 16.7. The average molecular weight is 464 g/mol. The minimum Gasteiger partial charge on any atom is -0.374 e. The van der Waals surface area contributed by atoms with E-state index in [1.54, 1.807) is 7.11 Å². The van der Waals surface area contributed by atoms with Gasteiger partial charge in [-0.3, -0.25) is 0 Å². The topological polar surface area (TPSA) is 72.2 Å². The van der Waals surface area contributed by atoms with Crippen LogP contribution in [0, 0.1) is 0 Å². The Morgan fingerprint density at radius 2 is 1.15 bits per heavy atom. The number of hydrogen-bond acceptors (Lipinski definition) is 6. The molecule has 34 heavy (non-hydrogen) atoms. The fourth-order valence-electron chi connectivity index (χ4n) is 4.08. The van der Waals surface area contributed by atoms with Gasteiger partial charge in [0.2, 0.25) is 0 Å². The fraction of sp³-hybridized carbons (Fsp3) is 0.357. The Balaban J connectivity index is 1.48. The summed E-state index contributed by atoms with van der Waals surface area (Å²) >= 11 is 0. The SMILES string of the molecule is COC1O[C@H](COCc2ccccc2)[C@H](OCc2ccccc2)[C@H](OCc2ccccc2)[C@@H]1N. The van der Waals surface area contributed by atoms with Crippen molar-refractivity contribution in [2.45, 2.75) is 50.5 Å². The maximum absolute atomic E-state index is 6.54. The van der Waals surface area contributed by atoms with Gasteiger partial charge in [0.25, 0.3) is 0 Å². The third-order valence-corrected chi connectivity index (χ3v) is 5.89. The Kier molecular flexibility index (Phi) is 9.21. The molecular weight excluding hydrogens is 430 g/mol. The molecule has 6 heteroatoms. The number of benzene rings is 3. The van der Waals surface area contributed by atoms with E-state index in [9.17, 15) is 0 Å². The van der Waals surface area contributed by atoms with E-state index in [0.717, 1.165) is 16.7 Å². The Labute approximate surface area is 201 Å². The maximum Gasteiger partial charge on any atom is 0.175 e. The molecule has 2 N–H and O–H groups in total. The van der Waals surface area contributed by atoms with Gasteiger partial charge in [-0.15, -0.1) is 0 Å². The molecule has 0 spiro atoms. The van der Waals surface area contributed by atoms with Crippen molar-refractivity contribution < 1.29 is 23.7 Å². The van der Waals surface area contributed by atoms with Crippen LogP contribution >= 0.6 is 0 Å². The van der Waals surface area contributed by atoms with E-state index in [4.69, 9.17) is 29.4 Å². The summed E-state index contributed by atoms with van der Waals surface area (Å²) in [7, 11) is 1.59. The Morgan fingerprint density at radius 1 is 0.676 bits per heavy atom. The van der Waals surface area contributed by atoms with Gasteiger partial charge in [-0.1, -0.05) is 91.0 Å². The summed E-state index contributed by atoms with van der Waals surface area (Å²) in [5.41, 5.74) is 9.77. The van der Waals surface area contributed by atoms with Gasteiger partial charge in [0.15, 0.2) is 6.29 Å². The molecule has 4 rings (SSSR count). The third-order valence-electron chi connectivity index (χ3n) is 5.89. The molecule has 0 saturated carbocycles. The zero-order chi connectivity index (χ0) is 23.6. The molecule has 180 valence electrons. The second kappa shape index (κ2) is 12.8. The van der Waals surface area contributed by atoms with Crippen LogP contribution in [0.5, 0.6) is 0 Å². The molecule has 1 saturated heterocycles. The highest BCUT2D eigenvalue weighted by Gasteiger charge is 2.46. The quantitative estimate of drug-likeness (QED) is 0.462. The van der Waals surface area contributed by atoms with Crippen molar-refractivity contribution in [3.8, 4) is 0 Å². The van der Waals surface area contributed by atoms with Gasteiger partial charge in [0, 0.05) is 7.11 Å². The van der Waals surface area contributed by atoms with Gasteiger partial charge < -0.3 is 29.4 Å². The number of rotatable bonds is 11. The van der Waals surface area contributed by atoms with E-state index in [1.807, 2.05) is 91.0 Å². The molecule has 0 bridgehead atoms. The Hall–Kier alpha value is -2.58. The smallest absolute Gasteiger partial charge is 0.175 e. The minimum atomic E-state index is -0.623. The first-order valence-electron chi connectivity index (χ1n) is 11.6. The zero-order valence-electron chi connectivity index (χ0n) is 19.5. The van der Waals surface area contributed by atoms with E-state index >= 15 is 0 Å². The second-order valence-corrected chi connectivity index (χ2v) is 8.38. The van der Waals surface area contributed by atoms with Crippen LogP contribution < -0.4 is 5.73 Å². The van der Waals surface area contributed by atoms with E-state index in [2.05, 4.69) is 0 Å². The summed E-state index contributed by atoms with van der Waals surface area (Å²) in [6, 6.07) is 29.6. The van der Waals surface area contributed by atoms with E-state index in [-0.39, 0.29) is 0 Å². The first kappa shape index (κ1) is 24.5. The highest BCUT2D eigenvalue weighted by molar-refractivity contribution is 5.15. The standard InChI is InChI=1S/C28H33NO5/c1-30-28-25(29)27(33-19-23-15-9-4-10-16-23)26(32-18-22-13-7-3-8-14-22)24(34-28)20-31-17-21-11-5-2-6-12-21/h2-16,24-28H,17-20,29H2,1H3/t24-,25+,26+,27-,28?/m1/s1. The Morgan fingerprint density at radius 3 is 1.65 bits per heavy atom. The number of ether oxygens (including phenoxy) is 5. The van der Waals surface area contributed by atoms with Crippen molar-refractivity contribution in [3.63, 3.8) is 0 Å². The molecule has 0 aliphatic carbocycles. The molecule has 0 radical (unpaired) electrons. The summed E-state index contributed by atoms with van der Waals surface area (Å²) in [4.78, 5) is 0. The molecule has 1 fully saturated rings. The van der Waals surface area contributed by atoms with E-state index in [1.165, 1.54) is 0 Å². The lowest BCUT2D eigenvalue weighted by Crippen LogP contribution is -2.63. The van der Waals surface area contributed by atoms with E-state index < -0.39 is 30.6 Å². The van der Waals surface area contributed by atoms with Crippen molar-refractivity contribution >= 4 is 0 Å². The first-order valence-corrected chi connectivity index (χ1v) is 11.6. The van der Waals surface area contributed by atoms with Crippen LogP contribution in [0.4, 0.5) is 0 Å². The summed E-state index contributed by atoms with van der Waals surface area (Å²) < 4.78 is 30.5. The number of nitrogens with two attached hydrogens (primary N) is 1. The van der Waals surface area contributed by atoms with Crippen LogP contribution in [0.15, 0.2) is 91.0 Å². The zero-order valence-corrected chi connectivity index (χ0v) is 19.5. The molecule has 3 aromatic rings. The second-order valence-electron chi connectivity index (χ2n) is 8.38. The van der Waals surface area contributed by atoms with Crippen molar-refractivity contribution in [1.82, 2.24) is 0 Å². The molecule has 0 amide bonds. The molecule has 1 heterocycles. The maximum atomic E-state index is 6.54. The largest absolute Gasteiger partial charge is 0.374 e. The normalized spacial score (nSPS) is 24.7. The molecule has 3 aromatic carbocycles. The van der Waals surface area contributed by atoms with Crippen LogP contribution in [0.3, 0.4) is 0 Å². The molecule has 0 aromatic heterocycles. The van der Waals surface area contributed by atoms with Crippen LogP contribution in [-0.2, 0) is 43.5 Å². The minimum absolute atomic E-state index is 0.326. The first-order chi connectivity index (χ1) is 16.7. The van der Waals surface area contributed by atoms with Crippen molar-refractivity contribution in [3.05, 3.63) is 108 Å². The van der Waals surface area contributed by atoms with Gasteiger partial charge in [-0.2, -0.15) is 0 Å². The summed E-state index contributed by atoms with van der Waals surface area (Å²) in [6.45, 7) is 1.63. The summed E-state index contributed by atoms with van der Waals surface area (Å²) in [6.07, 6.45) is -1.89. The number of hydrogen-bond donors (Lipinski definition) is 1. The molecule has 1 aliphatic heterocycles. The lowest BCUT2D eigenvalue weighted by atomic mass is 9.96. The molecule has 1 aliphatic rings. The third kappa shape index (κ3) is 6.73. The lowest BCUT2D eigenvalue weighted by Gasteiger charge is -2.44. The molecule has 1 unspecified atom stereocenters. The predicted octanol–water partition coefficient (Wildman–Crippen LogP) is 4.07. The molecule has 6 nitrogen and oxygen atoms in total. The lowest BCUT2D eigenvalue weighted by molar-refractivity contribution is -0.280. The Bertz CT molecular complexity index is 956. The van der Waals surface area contributed by atoms with Crippen LogP contribution in [-0.4, -0.2) is 44.4 Å². The van der Waals surface area contributed by atoms with E-state index in [0.29, 0.717) is 26.4 Å². The van der Waals surface area contributed by atoms with Crippen LogP contribution in [0.2, 0.25) is 0 Å². The average Bonchev–Trinajstić information content (AvgIpc) is 2.89. The van der Waals surface area contributed by atoms with Gasteiger partial charge in [0.05, 0.1) is 32.5 Å². The van der Waals surface area contributed by atoms with Crippen molar-refractivity contribution in [2.24, 2.45) is 5.73 Å². The van der Waals surface area contributed by atoms with Crippen LogP contribution in [0.1, 0.15) is 16.7 Å². The summed E-state index contributed by atoms with van der Waals surface area (Å²) in [5, 5.41) is 0. The number of methoxy groups -OCH3 is 1. The highest BCUT2D eigenvalue weighted by Crippen LogP contribution is 2.27.